The summed E-state index contributed by atoms with van der Waals surface area (Å²) in [5.74, 6) is -2.69. The molecule has 41 heavy (non-hydrogen) atoms. The molecule has 0 aliphatic carbocycles. The quantitative estimate of drug-likeness (QED) is 0.487. The van der Waals surface area contributed by atoms with E-state index in [0.29, 0.717) is 43.0 Å². The van der Waals surface area contributed by atoms with E-state index in [1.165, 1.54) is 9.80 Å². The van der Waals surface area contributed by atoms with Gasteiger partial charge in [-0.1, -0.05) is 0 Å². The van der Waals surface area contributed by atoms with Crippen molar-refractivity contribution in [1.82, 2.24) is 19.8 Å². The van der Waals surface area contributed by atoms with E-state index >= 15 is 0 Å². The number of pyridine rings is 1. The highest BCUT2D eigenvalue weighted by Crippen LogP contribution is 2.42. The number of nitrogens with one attached hydrogen (secondary N) is 1. The summed E-state index contributed by atoms with van der Waals surface area (Å²) in [6, 6.07) is -2.01. The first kappa shape index (κ1) is 31.0. The van der Waals surface area contributed by atoms with Crippen molar-refractivity contribution in [2.45, 2.75) is 57.5 Å². The van der Waals surface area contributed by atoms with Gasteiger partial charge < -0.3 is 15.1 Å². The second kappa shape index (κ2) is 11.4. The van der Waals surface area contributed by atoms with Gasteiger partial charge in [-0.2, -0.15) is 26.3 Å². The molecule has 2 amide bonds. The Hall–Kier alpha value is -2.95. The average molecular weight is 628 g/mol. The lowest BCUT2D eigenvalue weighted by Gasteiger charge is -2.33. The van der Waals surface area contributed by atoms with Gasteiger partial charge in [0.2, 0.25) is 0 Å². The number of sulfone groups is 1. The molecular formula is C24H27F6N5O4S2. The van der Waals surface area contributed by atoms with Gasteiger partial charge in [0.05, 0.1) is 21.9 Å². The van der Waals surface area contributed by atoms with Gasteiger partial charge in [-0.3, -0.25) is 9.59 Å². The van der Waals surface area contributed by atoms with Crippen LogP contribution in [0.5, 0.6) is 0 Å². The summed E-state index contributed by atoms with van der Waals surface area (Å²) >= 11 is 0.522. The number of carbonyl (C=O) groups excluding carboxylic acids is 2. The summed E-state index contributed by atoms with van der Waals surface area (Å²) in [6.07, 6.45) is -6.93. The van der Waals surface area contributed by atoms with E-state index in [1.54, 1.807) is 6.92 Å². The van der Waals surface area contributed by atoms with Crippen LogP contribution in [0, 0.1) is 0 Å². The molecule has 0 unspecified atom stereocenters. The molecule has 0 bridgehead atoms. The SMILES string of the molecule is C[C@H](Nc1cc(C(F)(F)F)c(-c2sc(C(=O)N3CCS(=O)(=O)CC3)nc2C(=O)N2CCCC[C@@H]2C)cn1)C(F)(F)F. The molecular weight excluding hydrogens is 600 g/mol. The third-order valence-electron chi connectivity index (χ3n) is 7.02. The van der Waals surface area contributed by atoms with Crippen molar-refractivity contribution in [2.24, 2.45) is 0 Å². The first-order valence-electron chi connectivity index (χ1n) is 12.7. The Kier molecular flexibility index (Phi) is 8.60. The lowest BCUT2D eigenvalue weighted by molar-refractivity contribution is -0.138. The minimum Gasteiger partial charge on any atom is -0.359 e. The zero-order chi connectivity index (χ0) is 30.3. The topological polar surface area (TPSA) is 113 Å². The van der Waals surface area contributed by atoms with E-state index in [2.05, 4.69) is 9.97 Å². The smallest absolute Gasteiger partial charge is 0.359 e. The Morgan fingerprint density at radius 3 is 2.32 bits per heavy atom. The molecule has 0 aromatic carbocycles. The van der Waals surface area contributed by atoms with Crippen molar-refractivity contribution in [1.29, 1.82) is 0 Å². The van der Waals surface area contributed by atoms with Gasteiger partial charge in [0.15, 0.2) is 14.8 Å². The lowest BCUT2D eigenvalue weighted by atomic mass is 10.0. The molecule has 9 nitrogen and oxygen atoms in total. The van der Waals surface area contributed by atoms with Crippen LogP contribution in [0.3, 0.4) is 0 Å². The van der Waals surface area contributed by atoms with Crippen molar-refractivity contribution in [3.8, 4) is 10.4 Å². The Morgan fingerprint density at radius 1 is 1.07 bits per heavy atom. The number of hydrogen-bond donors (Lipinski definition) is 1. The number of halogens is 6. The number of aromatic nitrogens is 2. The number of nitrogens with zero attached hydrogens (tertiary/aromatic N) is 4. The third kappa shape index (κ3) is 6.93. The molecule has 2 aromatic rings. The van der Waals surface area contributed by atoms with Gasteiger partial charge in [-0.25, -0.2) is 18.4 Å². The Morgan fingerprint density at radius 2 is 1.73 bits per heavy atom. The zero-order valence-corrected chi connectivity index (χ0v) is 23.6. The van der Waals surface area contributed by atoms with Gasteiger partial charge >= 0.3 is 12.4 Å². The first-order valence-corrected chi connectivity index (χ1v) is 15.3. The number of thiazole rings is 1. The van der Waals surface area contributed by atoms with E-state index < -0.39 is 62.7 Å². The third-order valence-corrected chi connectivity index (χ3v) is 9.70. The molecule has 1 N–H and O–H groups in total. The monoisotopic (exact) mass is 627 g/mol. The highest BCUT2D eigenvalue weighted by Gasteiger charge is 2.40. The van der Waals surface area contributed by atoms with Crippen LogP contribution in [-0.4, -0.2) is 89.4 Å². The van der Waals surface area contributed by atoms with Gasteiger partial charge in [0, 0.05) is 37.4 Å². The lowest BCUT2D eigenvalue weighted by Crippen LogP contribution is -2.44. The van der Waals surface area contributed by atoms with Crippen molar-refractivity contribution in [3.05, 3.63) is 28.5 Å². The maximum Gasteiger partial charge on any atom is 0.417 e. The normalized spacial score (nSPS) is 20.5. The van der Waals surface area contributed by atoms with E-state index in [-0.39, 0.29) is 40.5 Å². The number of alkyl halides is 6. The molecule has 0 spiro atoms. The van der Waals surface area contributed by atoms with E-state index in [1.807, 2.05) is 5.32 Å². The molecule has 2 aliphatic heterocycles. The average Bonchev–Trinajstić information content (AvgIpc) is 3.32. The minimum atomic E-state index is -5.07. The van der Waals surface area contributed by atoms with E-state index in [0.717, 1.165) is 13.3 Å². The number of piperidine rings is 1. The maximum absolute atomic E-state index is 14.2. The van der Waals surface area contributed by atoms with Crippen molar-refractivity contribution in [2.75, 3.05) is 36.5 Å². The molecule has 2 fully saturated rings. The van der Waals surface area contributed by atoms with Crippen LogP contribution in [0.25, 0.3) is 10.4 Å². The summed E-state index contributed by atoms with van der Waals surface area (Å²) in [6.45, 7) is 2.55. The Bertz CT molecular complexity index is 1410. The summed E-state index contributed by atoms with van der Waals surface area (Å²) in [7, 11) is -3.34. The summed E-state index contributed by atoms with van der Waals surface area (Å²) in [4.78, 5) is 37.1. The Labute approximate surface area is 235 Å². The van der Waals surface area contributed by atoms with E-state index in [9.17, 15) is 44.3 Å². The second-order valence-corrected chi connectivity index (χ2v) is 13.3. The van der Waals surface area contributed by atoms with Crippen LogP contribution in [-0.2, 0) is 16.0 Å². The predicted molar refractivity (Wildman–Crippen MR) is 138 cm³/mol. The van der Waals surface area contributed by atoms with Crippen LogP contribution in [0.1, 0.15) is 59.0 Å². The molecule has 2 aromatic heterocycles. The number of anilines is 1. The summed E-state index contributed by atoms with van der Waals surface area (Å²) in [5, 5.41) is 1.60. The maximum atomic E-state index is 14.2. The van der Waals surface area contributed by atoms with Crippen molar-refractivity contribution in [3.63, 3.8) is 0 Å². The molecule has 0 radical (unpaired) electrons. The molecule has 2 aliphatic rings. The van der Waals surface area contributed by atoms with Crippen molar-refractivity contribution >= 4 is 38.8 Å². The number of amides is 2. The van der Waals surface area contributed by atoms with Crippen LogP contribution in [0.4, 0.5) is 32.2 Å². The number of rotatable bonds is 5. The van der Waals surface area contributed by atoms with Crippen LogP contribution in [0.2, 0.25) is 0 Å². The fourth-order valence-corrected chi connectivity index (χ4v) is 6.83. The molecule has 4 heterocycles. The summed E-state index contributed by atoms with van der Waals surface area (Å²) < 4.78 is 105. The Balaban J connectivity index is 1.80. The van der Waals surface area contributed by atoms with Crippen molar-refractivity contribution < 1.29 is 44.3 Å². The molecule has 226 valence electrons. The molecule has 0 saturated carbocycles. The van der Waals surface area contributed by atoms with E-state index in [4.69, 9.17) is 0 Å². The van der Waals surface area contributed by atoms with Crippen LogP contribution in [0.15, 0.2) is 12.3 Å². The highest BCUT2D eigenvalue weighted by atomic mass is 32.2. The van der Waals surface area contributed by atoms with Crippen LogP contribution < -0.4 is 5.32 Å². The number of carbonyl (C=O) groups is 2. The predicted octanol–water partition coefficient (Wildman–Crippen LogP) is 4.47. The number of hydrogen-bond acceptors (Lipinski definition) is 8. The highest BCUT2D eigenvalue weighted by molar-refractivity contribution is 7.91. The fourth-order valence-electron chi connectivity index (χ4n) is 4.58. The van der Waals surface area contributed by atoms with Crippen LogP contribution >= 0.6 is 11.3 Å². The first-order chi connectivity index (χ1) is 19.0. The molecule has 17 heteroatoms. The molecule has 2 atom stereocenters. The fraction of sp³-hybridized carbons (Fsp3) is 0.583. The number of likely N-dealkylation sites (tertiary alicyclic amines) is 1. The van der Waals surface area contributed by atoms with Gasteiger partial charge in [-0.15, -0.1) is 11.3 Å². The van der Waals surface area contributed by atoms with Gasteiger partial charge in [0.25, 0.3) is 11.8 Å². The molecule has 2 saturated heterocycles. The molecule has 4 rings (SSSR count). The largest absolute Gasteiger partial charge is 0.417 e. The summed E-state index contributed by atoms with van der Waals surface area (Å²) in [5.41, 5.74) is -2.39. The standard InChI is InChI=1S/C24H27F6N5O4S2/c1-13-5-3-4-6-35(13)21(36)18-19(40-20(33-18)22(37)34-7-9-41(38,39)10-8-34)15-12-31-17(11-16(15)24(28,29)30)32-14(2)23(25,26)27/h11-14H,3-10H2,1-2H3,(H,31,32)/t13-,14-/m0/s1. The van der Waals surface area contributed by atoms with Gasteiger partial charge in [0.1, 0.15) is 17.6 Å². The second-order valence-electron chi connectivity index (χ2n) is 10.0. The minimum absolute atomic E-state index is 0.143. The van der Waals surface area contributed by atoms with Gasteiger partial charge in [-0.05, 0) is 39.2 Å². The zero-order valence-electron chi connectivity index (χ0n) is 22.0.